The van der Waals surface area contributed by atoms with Crippen molar-refractivity contribution in [2.75, 3.05) is 5.32 Å². The van der Waals surface area contributed by atoms with Crippen molar-refractivity contribution >= 4 is 32.5 Å². The topological polar surface area (TPSA) is 124 Å². The molecule has 3 N–H and O–H groups in total. The maximum atomic E-state index is 12.3. The molecule has 0 unspecified atom stereocenters. The van der Waals surface area contributed by atoms with Crippen molar-refractivity contribution in [1.82, 2.24) is 9.55 Å². The van der Waals surface area contributed by atoms with E-state index in [9.17, 15) is 18.0 Å². The molecule has 0 spiro atoms. The van der Waals surface area contributed by atoms with Crippen LogP contribution in [0.2, 0.25) is 0 Å². The van der Waals surface area contributed by atoms with Gasteiger partial charge in [-0.05, 0) is 36.4 Å². The maximum absolute atomic E-state index is 12.3. The third kappa shape index (κ3) is 3.73. The van der Waals surface area contributed by atoms with Crippen LogP contribution in [0.3, 0.4) is 0 Å². The van der Waals surface area contributed by atoms with E-state index < -0.39 is 15.9 Å². The molecular weight excluding hydrogens is 344 g/mol. The lowest BCUT2D eigenvalue weighted by Crippen LogP contribution is -2.27. The molecule has 0 fully saturated rings. The molecule has 0 atom stereocenters. The molecule has 3 rings (SSSR count). The predicted molar refractivity (Wildman–Crippen MR) is 92.4 cm³/mol. The summed E-state index contributed by atoms with van der Waals surface area (Å²) >= 11 is 0. The van der Waals surface area contributed by atoms with E-state index in [0.29, 0.717) is 16.6 Å². The van der Waals surface area contributed by atoms with Gasteiger partial charge in [0, 0.05) is 5.69 Å². The van der Waals surface area contributed by atoms with Crippen LogP contribution < -0.4 is 16.0 Å². The van der Waals surface area contributed by atoms with Gasteiger partial charge in [0.1, 0.15) is 6.54 Å². The second-order valence-corrected chi connectivity index (χ2v) is 6.87. The number of carbonyl (C=O) groups excluding carboxylic acids is 1. The second kappa shape index (κ2) is 6.46. The van der Waals surface area contributed by atoms with E-state index in [1.54, 1.807) is 24.3 Å². The number of benzene rings is 2. The average molecular weight is 358 g/mol. The minimum Gasteiger partial charge on any atom is -0.325 e. The van der Waals surface area contributed by atoms with E-state index in [1.165, 1.54) is 35.2 Å². The number of primary sulfonamides is 1. The number of carbonyl (C=O) groups is 1. The standard InChI is InChI=1S/C16H14N4O4S/c17-25(23,24)12-7-5-11(6-8-12)19-15(21)9-20-10-18-14-4-2-1-3-13(14)16(20)22/h1-8,10H,9H2,(H,19,21)(H2,17,23,24). The Morgan fingerprint density at radius 1 is 1.12 bits per heavy atom. The fourth-order valence-corrected chi connectivity index (χ4v) is 2.82. The Hall–Kier alpha value is -3.04. The fourth-order valence-electron chi connectivity index (χ4n) is 2.30. The molecule has 1 aromatic heterocycles. The molecular formula is C16H14N4O4S. The molecule has 2 aromatic carbocycles. The van der Waals surface area contributed by atoms with Gasteiger partial charge in [-0.3, -0.25) is 14.2 Å². The van der Waals surface area contributed by atoms with E-state index in [2.05, 4.69) is 10.3 Å². The summed E-state index contributed by atoms with van der Waals surface area (Å²) in [7, 11) is -3.79. The van der Waals surface area contributed by atoms with Gasteiger partial charge < -0.3 is 5.32 Å². The van der Waals surface area contributed by atoms with Gasteiger partial charge in [-0.25, -0.2) is 18.5 Å². The van der Waals surface area contributed by atoms with Crippen LogP contribution in [-0.2, 0) is 21.4 Å². The zero-order valence-electron chi connectivity index (χ0n) is 12.9. The molecule has 9 heteroatoms. The van der Waals surface area contributed by atoms with Crippen molar-refractivity contribution in [3.63, 3.8) is 0 Å². The van der Waals surface area contributed by atoms with Gasteiger partial charge in [-0.15, -0.1) is 0 Å². The summed E-state index contributed by atoms with van der Waals surface area (Å²) in [5, 5.41) is 8.02. The lowest BCUT2D eigenvalue weighted by atomic mass is 10.2. The fraction of sp³-hybridized carbons (Fsp3) is 0.0625. The number of amides is 1. The van der Waals surface area contributed by atoms with Crippen LogP contribution >= 0.6 is 0 Å². The first-order valence-corrected chi connectivity index (χ1v) is 8.76. The molecule has 0 saturated heterocycles. The molecule has 1 heterocycles. The summed E-state index contributed by atoms with van der Waals surface area (Å²) in [5.74, 6) is -0.442. The predicted octanol–water partition coefficient (Wildman–Crippen LogP) is 0.683. The highest BCUT2D eigenvalue weighted by atomic mass is 32.2. The third-order valence-corrected chi connectivity index (χ3v) is 4.44. The maximum Gasteiger partial charge on any atom is 0.261 e. The normalized spacial score (nSPS) is 11.4. The number of fused-ring (bicyclic) bond motifs is 1. The Labute approximate surface area is 143 Å². The Morgan fingerprint density at radius 2 is 1.80 bits per heavy atom. The number of nitrogens with one attached hydrogen (secondary N) is 1. The summed E-state index contributed by atoms with van der Waals surface area (Å²) in [4.78, 5) is 28.5. The number of hydrogen-bond donors (Lipinski definition) is 2. The minimum absolute atomic E-state index is 0.0551. The van der Waals surface area contributed by atoms with E-state index in [1.807, 2.05) is 0 Å². The molecule has 0 saturated carbocycles. The Kier molecular flexibility index (Phi) is 4.34. The zero-order valence-corrected chi connectivity index (χ0v) is 13.7. The van der Waals surface area contributed by atoms with Crippen molar-refractivity contribution < 1.29 is 13.2 Å². The zero-order chi connectivity index (χ0) is 18.0. The van der Waals surface area contributed by atoms with Crippen LogP contribution in [0.5, 0.6) is 0 Å². The molecule has 128 valence electrons. The highest BCUT2D eigenvalue weighted by molar-refractivity contribution is 7.89. The molecule has 0 aliphatic rings. The van der Waals surface area contributed by atoms with Gasteiger partial charge in [0.05, 0.1) is 22.1 Å². The van der Waals surface area contributed by atoms with Crippen molar-refractivity contribution in [2.45, 2.75) is 11.4 Å². The van der Waals surface area contributed by atoms with Crippen LogP contribution in [0.15, 0.2) is 64.5 Å². The highest BCUT2D eigenvalue weighted by Crippen LogP contribution is 2.12. The first-order valence-electron chi connectivity index (χ1n) is 7.21. The van der Waals surface area contributed by atoms with Crippen molar-refractivity contribution in [3.05, 3.63) is 65.2 Å². The van der Waals surface area contributed by atoms with Crippen LogP contribution in [0, 0.1) is 0 Å². The first-order chi connectivity index (χ1) is 11.8. The van der Waals surface area contributed by atoms with E-state index in [-0.39, 0.29) is 17.0 Å². The summed E-state index contributed by atoms with van der Waals surface area (Å²) in [6, 6.07) is 12.3. The van der Waals surface area contributed by atoms with Crippen molar-refractivity contribution in [1.29, 1.82) is 0 Å². The Balaban J connectivity index is 1.77. The van der Waals surface area contributed by atoms with Gasteiger partial charge >= 0.3 is 0 Å². The van der Waals surface area contributed by atoms with Crippen LogP contribution in [0.1, 0.15) is 0 Å². The number of anilines is 1. The Bertz CT molecular complexity index is 1100. The van der Waals surface area contributed by atoms with E-state index >= 15 is 0 Å². The minimum atomic E-state index is -3.79. The molecule has 0 bridgehead atoms. The molecule has 0 radical (unpaired) electrons. The first kappa shape index (κ1) is 16.8. The van der Waals surface area contributed by atoms with Gasteiger partial charge in [0.15, 0.2) is 0 Å². The van der Waals surface area contributed by atoms with Crippen LogP contribution in [0.25, 0.3) is 10.9 Å². The third-order valence-electron chi connectivity index (χ3n) is 3.51. The summed E-state index contributed by atoms with van der Waals surface area (Å²) < 4.78 is 23.6. The lowest BCUT2D eigenvalue weighted by molar-refractivity contribution is -0.116. The molecule has 25 heavy (non-hydrogen) atoms. The number of nitrogens with zero attached hydrogens (tertiary/aromatic N) is 2. The number of nitrogens with two attached hydrogens (primary N) is 1. The quantitative estimate of drug-likeness (QED) is 0.710. The monoisotopic (exact) mass is 358 g/mol. The largest absolute Gasteiger partial charge is 0.325 e. The van der Waals surface area contributed by atoms with Crippen LogP contribution in [0.4, 0.5) is 5.69 Å². The number of para-hydroxylation sites is 1. The summed E-state index contributed by atoms with van der Waals surface area (Å²) in [5.41, 5.74) is 0.632. The molecule has 3 aromatic rings. The van der Waals surface area contributed by atoms with Gasteiger partial charge in [-0.1, -0.05) is 12.1 Å². The summed E-state index contributed by atoms with van der Waals surface area (Å²) in [6.07, 6.45) is 1.31. The molecule has 0 aliphatic heterocycles. The van der Waals surface area contributed by atoms with Crippen molar-refractivity contribution in [2.24, 2.45) is 5.14 Å². The number of sulfonamides is 1. The van der Waals surface area contributed by atoms with Gasteiger partial charge in [-0.2, -0.15) is 0 Å². The van der Waals surface area contributed by atoms with Gasteiger partial charge in [0.2, 0.25) is 15.9 Å². The average Bonchev–Trinajstić information content (AvgIpc) is 2.57. The molecule has 8 nitrogen and oxygen atoms in total. The summed E-state index contributed by atoms with van der Waals surface area (Å²) in [6.45, 7) is -0.215. The van der Waals surface area contributed by atoms with Gasteiger partial charge in [0.25, 0.3) is 5.56 Å². The lowest BCUT2D eigenvalue weighted by Gasteiger charge is -2.08. The smallest absolute Gasteiger partial charge is 0.261 e. The van der Waals surface area contributed by atoms with E-state index in [4.69, 9.17) is 5.14 Å². The highest BCUT2D eigenvalue weighted by Gasteiger charge is 2.10. The van der Waals surface area contributed by atoms with Crippen LogP contribution in [-0.4, -0.2) is 23.9 Å². The van der Waals surface area contributed by atoms with Crippen molar-refractivity contribution in [3.8, 4) is 0 Å². The van der Waals surface area contributed by atoms with E-state index in [0.717, 1.165) is 0 Å². The Morgan fingerprint density at radius 3 is 2.48 bits per heavy atom. The number of rotatable bonds is 4. The molecule has 1 amide bonds. The molecule has 0 aliphatic carbocycles. The SMILES string of the molecule is NS(=O)(=O)c1ccc(NC(=O)Cn2cnc3ccccc3c2=O)cc1. The second-order valence-electron chi connectivity index (χ2n) is 5.31. The number of hydrogen-bond acceptors (Lipinski definition) is 5. The number of aromatic nitrogens is 2.